The van der Waals surface area contributed by atoms with Crippen LogP contribution in [0.15, 0.2) is 28.7 Å². The molecular formula is C15H20BrNO2. The van der Waals surface area contributed by atoms with Crippen LogP contribution in [0.25, 0.3) is 0 Å². The third-order valence-electron chi connectivity index (χ3n) is 3.83. The highest BCUT2D eigenvalue weighted by atomic mass is 79.9. The molecule has 2 saturated heterocycles. The van der Waals surface area contributed by atoms with E-state index in [1.807, 2.05) is 24.3 Å². The van der Waals surface area contributed by atoms with Crippen molar-refractivity contribution in [3.05, 3.63) is 28.7 Å². The van der Waals surface area contributed by atoms with E-state index >= 15 is 0 Å². The molecule has 2 fully saturated rings. The molecule has 0 amide bonds. The molecule has 2 heterocycles. The summed E-state index contributed by atoms with van der Waals surface area (Å²) in [5.41, 5.74) is 0. The quantitative estimate of drug-likeness (QED) is 0.849. The van der Waals surface area contributed by atoms with Gasteiger partial charge in [-0.15, -0.1) is 0 Å². The number of hydrogen-bond donors (Lipinski definition) is 0. The molecule has 0 bridgehead atoms. The molecule has 0 N–H and O–H groups in total. The molecule has 0 spiro atoms. The topological polar surface area (TPSA) is 21.7 Å². The predicted octanol–water partition coefficient (Wildman–Crippen LogP) is 3.08. The van der Waals surface area contributed by atoms with Crippen molar-refractivity contribution in [2.45, 2.75) is 31.5 Å². The van der Waals surface area contributed by atoms with Gasteiger partial charge in [-0.25, -0.2) is 0 Å². The Balaban J connectivity index is 1.47. The summed E-state index contributed by atoms with van der Waals surface area (Å²) in [4.78, 5) is 2.47. The minimum Gasteiger partial charge on any atom is -0.489 e. The zero-order chi connectivity index (χ0) is 13.1. The highest BCUT2D eigenvalue weighted by molar-refractivity contribution is 9.10. The molecule has 3 nitrogen and oxygen atoms in total. The van der Waals surface area contributed by atoms with Crippen LogP contribution in [0.5, 0.6) is 5.75 Å². The van der Waals surface area contributed by atoms with Crippen molar-refractivity contribution >= 4 is 15.9 Å². The van der Waals surface area contributed by atoms with Gasteiger partial charge in [0.1, 0.15) is 11.9 Å². The molecule has 104 valence electrons. The summed E-state index contributed by atoms with van der Waals surface area (Å²) in [5.74, 6) is 0.965. The summed E-state index contributed by atoms with van der Waals surface area (Å²) >= 11 is 3.44. The van der Waals surface area contributed by atoms with E-state index in [-0.39, 0.29) is 0 Å². The van der Waals surface area contributed by atoms with Gasteiger partial charge in [0.2, 0.25) is 0 Å². The van der Waals surface area contributed by atoms with Gasteiger partial charge in [-0.05, 0) is 43.5 Å². The predicted molar refractivity (Wildman–Crippen MR) is 78.6 cm³/mol. The van der Waals surface area contributed by atoms with Crippen LogP contribution in [0.4, 0.5) is 0 Å². The van der Waals surface area contributed by atoms with E-state index in [9.17, 15) is 0 Å². The van der Waals surface area contributed by atoms with Crippen molar-refractivity contribution in [2.75, 3.05) is 26.2 Å². The fourth-order valence-electron chi connectivity index (χ4n) is 2.84. The molecular weight excluding hydrogens is 306 g/mol. The first-order chi connectivity index (χ1) is 9.29. The van der Waals surface area contributed by atoms with Crippen LogP contribution in [-0.2, 0) is 4.74 Å². The summed E-state index contributed by atoms with van der Waals surface area (Å²) < 4.78 is 12.8. The Labute approximate surface area is 123 Å². The molecule has 2 aliphatic heterocycles. The zero-order valence-corrected chi connectivity index (χ0v) is 12.6. The monoisotopic (exact) mass is 325 g/mol. The van der Waals surface area contributed by atoms with Gasteiger partial charge in [0.05, 0.1) is 6.10 Å². The number of benzene rings is 1. The SMILES string of the molecule is Brc1ccc(OC2CCN(CC3CCCO3)C2)cc1. The van der Waals surface area contributed by atoms with Gasteiger partial charge in [-0.2, -0.15) is 0 Å². The Morgan fingerprint density at radius 3 is 2.84 bits per heavy atom. The molecule has 3 rings (SSSR count). The number of hydrogen-bond acceptors (Lipinski definition) is 3. The lowest BCUT2D eigenvalue weighted by Gasteiger charge is -2.20. The lowest BCUT2D eigenvalue weighted by Crippen LogP contribution is -2.32. The molecule has 19 heavy (non-hydrogen) atoms. The molecule has 0 saturated carbocycles. The summed E-state index contributed by atoms with van der Waals surface area (Å²) in [6, 6.07) is 8.09. The Bertz CT molecular complexity index is 403. The summed E-state index contributed by atoms with van der Waals surface area (Å²) in [7, 11) is 0. The molecule has 2 atom stereocenters. The van der Waals surface area contributed by atoms with Crippen LogP contribution >= 0.6 is 15.9 Å². The van der Waals surface area contributed by atoms with Crippen LogP contribution in [0.1, 0.15) is 19.3 Å². The minimum absolute atomic E-state index is 0.322. The average Bonchev–Trinajstić information content (AvgIpc) is 3.05. The summed E-state index contributed by atoms with van der Waals surface area (Å²) in [5, 5.41) is 0. The largest absolute Gasteiger partial charge is 0.489 e. The van der Waals surface area contributed by atoms with Crippen LogP contribution in [0.3, 0.4) is 0 Å². The Morgan fingerprint density at radius 2 is 2.11 bits per heavy atom. The fraction of sp³-hybridized carbons (Fsp3) is 0.600. The van der Waals surface area contributed by atoms with E-state index in [4.69, 9.17) is 9.47 Å². The maximum atomic E-state index is 6.02. The minimum atomic E-state index is 0.322. The molecule has 2 unspecified atom stereocenters. The molecule has 1 aromatic rings. The molecule has 4 heteroatoms. The number of halogens is 1. The van der Waals surface area contributed by atoms with Gasteiger partial charge in [0.15, 0.2) is 0 Å². The van der Waals surface area contributed by atoms with Crippen molar-refractivity contribution in [3.63, 3.8) is 0 Å². The lowest BCUT2D eigenvalue weighted by atomic mass is 10.2. The van der Waals surface area contributed by atoms with Crippen LogP contribution in [0.2, 0.25) is 0 Å². The van der Waals surface area contributed by atoms with Gasteiger partial charge >= 0.3 is 0 Å². The first-order valence-electron chi connectivity index (χ1n) is 7.06. The molecule has 0 radical (unpaired) electrons. The Hall–Kier alpha value is -0.580. The Morgan fingerprint density at radius 1 is 1.26 bits per heavy atom. The van der Waals surface area contributed by atoms with Crippen LogP contribution < -0.4 is 4.74 Å². The van der Waals surface area contributed by atoms with E-state index in [0.29, 0.717) is 12.2 Å². The molecule has 1 aromatic carbocycles. The molecule has 0 aromatic heterocycles. The van der Waals surface area contributed by atoms with Crippen molar-refractivity contribution in [3.8, 4) is 5.75 Å². The van der Waals surface area contributed by atoms with Crippen LogP contribution in [0, 0.1) is 0 Å². The summed E-state index contributed by atoms with van der Waals surface area (Å²) in [6.07, 6.45) is 4.32. The van der Waals surface area contributed by atoms with Gasteiger partial charge in [0.25, 0.3) is 0 Å². The second-order valence-corrected chi connectivity index (χ2v) is 6.29. The molecule has 0 aliphatic carbocycles. The van der Waals surface area contributed by atoms with E-state index in [1.54, 1.807) is 0 Å². The second kappa shape index (κ2) is 6.25. The van der Waals surface area contributed by atoms with Gasteiger partial charge < -0.3 is 9.47 Å². The lowest BCUT2D eigenvalue weighted by molar-refractivity contribution is 0.0768. The maximum absolute atomic E-state index is 6.02. The van der Waals surface area contributed by atoms with Gasteiger partial charge in [-0.1, -0.05) is 15.9 Å². The van der Waals surface area contributed by atoms with E-state index < -0.39 is 0 Å². The zero-order valence-electron chi connectivity index (χ0n) is 11.1. The number of likely N-dealkylation sites (tertiary alicyclic amines) is 1. The first kappa shape index (κ1) is 13.4. The first-order valence-corrected chi connectivity index (χ1v) is 7.85. The average molecular weight is 326 g/mol. The van der Waals surface area contributed by atoms with Crippen LogP contribution in [-0.4, -0.2) is 43.3 Å². The van der Waals surface area contributed by atoms with E-state index in [1.165, 1.54) is 12.8 Å². The van der Waals surface area contributed by atoms with E-state index in [2.05, 4.69) is 20.8 Å². The number of ether oxygens (including phenoxy) is 2. The van der Waals surface area contributed by atoms with Crippen molar-refractivity contribution in [1.82, 2.24) is 4.90 Å². The third kappa shape index (κ3) is 3.71. The van der Waals surface area contributed by atoms with Crippen molar-refractivity contribution in [2.24, 2.45) is 0 Å². The number of rotatable bonds is 4. The highest BCUT2D eigenvalue weighted by Gasteiger charge is 2.27. The Kier molecular flexibility index (Phi) is 4.41. The highest BCUT2D eigenvalue weighted by Crippen LogP contribution is 2.22. The van der Waals surface area contributed by atoms with Crippen molar-refractivity contribution in [1.29, 1.82) is 0 Å². The van der Waals surface area contributed by atoms with Gasteiger partial charge in [-0.3, -0.25) is 4.90 Å². The second-order valence-electron chi connectivity index (χ2n) is 5.38. The van der Waals surface area contributed by atoms with E-state index in [0.717, 1.165) is 42.9 Å². The van der Waals surface area contributed by atoms with Gasteiger partial charge in [0, 0.05) is 30.7 Å². The normalized spacial score (nSPS) is 27.8. The third-order valence-corrected chi connectivity index (χ3v) is 4.36. The summed E-state index contributed by atoms with van der Waals surface area (Å²) in [6.45, 7) is 4.16. The fourth-order valence-corrected chi connectivity index (χ4v) is 3.11. The standard InChI is InChI=1S/C15H20BrNO2/c16-12-3-5-13(6-4-12)19-15-7-8-17(11-15)10-14-2-1-9-18-14/h3-6,14-15H,1-2,7-11H2. The molecule has 2 aliphatic rings. The smallest absolute Gasteiger partial charge is 0.119 e. The number of nitrogens with zero attached hydrogens (tertiary/aromatic N) is 1. The van der Waals surface area contributed by atoms with Crippen molar-refractivity contribution < 1.29 is 9.47 Å². The maximum Gasteiger partial charge on any atom is 0.119 e.